The Hall–Kier alpha value is -1.04. The van der Waals surface area contributed by atoms with Crippen molar-refractivity contribution in [3.05, 3.63) is 48.0 Å². The van der Waals surface area contributed by atoms with E-state index in [0.29, 0.717) is 0 Å². The van der Waals surface area contributed by atoms with E-state index in [-0.39, 0.29) is 0 Å². The first kappa shape index (κ1) is 8.06. The van der Waals surface area contributed by atoms with Crippen LogP contribution in [0.4, 0.5) is 0 Å². The minimum Gasteiger partial charge on any atom is -0.100 e. The summed E-state index contributed by atoms with van der Waals surface area (Å²) in [6, 6.07) is 10.5. The third kappa shape index (κ3) is 3.03. The zero-order valence-corrected chi connectivity index (χ0v) is 7.01. The van der Waals surface area contributed by atoms with Gasteiger partial charge >= 0.3 is 0 Å². The van der Waals surface area contributed by atoms with Crippen LogP contribution >= 0.6 is 0 Å². The maximum absolute atomic E-state index is 3.87. The highest BCUT2D eigenvalue weighted by molar-refractivity contribution is 5.15. The standard InChI is InChI=1S/C11H14/c1-10(2)8-9-11-6-4-3-5-7-11/h3-7H,1,8-9H2,2H3. The highest BCUT2D eigenvalue weighted by Crippen LogP contribution is 2.06. The third-order valence-electron chi connectivity index (χ3n) is 1.68. The van der Waals surface area contributed by atoms with Gasteiger partial charge in [0.05, 0.1) is 0 Å². The molecule has 0 heterocycles. The van der Waals surface area contributed by atoms with Crippen LogP contribution in [0, 0.1) is 0 Å². The lowest BCUT2D eigenvalue weighted by Crippen LogP contribution is -1.83. The Morgan fingerprint density at radius 3 is 2.45 bits per heavy atom. The molecule has 0 amide bonds. The molecule has 0 spiro atoms. The highest BCUT2D eigenvalue weighted by Gasteiger charge is 1.90. The van der Waals surface area contributed by atoms with Crippen LogP contribution in [0.3, 0.4) is 0 Å². The van der Waals surface area contributed by atoms with Crippen molar-refractivity contribution in [2.75, 3.05) is 0 Å². The summed E-state index contributed by atoms with van der Waals surface area (Å²) < 4.78 is 0. The smallest absolute Gasteiger partial charge is 0.0242 e. The molecule has 0 fully saturated rings. The van der Waals surface area contributed by atoms with Gasteiger partial charge in [0, 0.05) is 0 Å². The van der Waals surface area contributed by atoms with Crippen LogP contribution in [0.1, 0.15) is 18.9 Å². The summed E-state index contributed by atoms with van der Waals surface area (Å²) in [7, 11) is 0. The minimum atomic E-state index is 1.10. The lowest BCUT2D eigenvalue weighted by molar-refractivity contribution is 0.946. The fourth-order valence-corrected chi connectivity index (χ4v) is 1.00. The second-order valence-electron chi connectivity index (χ2n) is 2.94. The second kappa shape index (κ2) is 3.97. The van der Waals surface area contributed by atoms with E-state index in [0.717, 1.165) is 12.8 Å². The number of allylic oxidation sites excluding steroid dienone is 1. The van der Waals surface area contributed by atoms with Gasteiger partial charge in [0.2, 0.25) is 0 Å². The van der Waals surface area contributed by atoms with Gasteiger partial charge in [-0.3, -0.25) is 0 Å². The molecule has 0 nitrogen and oxygen atoms in total. The Kier molecular flexibility index (Phi) is 2.91. The van der Waals surface area contributed by atoms with Crippen molar-refractivity contribution in [3.8, 4) is 0 Å². The van der Waals surface area contributed by atoms with Crippen molar-refractivity contribution in [1.82, 2.24) is 0 Å². The summed E-state index contributed by atoms with van der Waals surface area (Å²) in [6.45, 7) is 5.94. The third-order valence-corrected chi connectivity index (χ3v) is 1.68. The molecule has 0 heteroatoms. The van der Waals surface area contributed by atoms with Gasteiger partial charge in [-0.1, -0.05) is 35.9 Å². The average molecular weight is 146 g/mol. The maximum Gasteiger partial charge on any atom is -0.0242 e. The van der Waals surface area contributed by atoms with Gasteiger partial charge in [-0.05, 0) is 25.3 Å². The predicted octanol–water partition coefficient (Wildman–Crippen LogP) is 3.20. The molecule has 0 N–H and O–H groups in total. The molecule has 0 atom stereocenters. The molecule has 1 aromatic rings. The van der Waals surface area contributed by atoms with E-state index in [1.165, 1.54) is 11.1 Å². The SMILES string of the molecule is C=C(C)CCc1ccccc1. The Bertz CT molecular complexity index is 221. The number of aryl methyl sites for hydroxylation is 1. The monoisotopic (exact) mass is 146 g/mol. The van der Waals surface area contributed by atoms with Crippen LogP contribution in [-0.4, -0.2) is 0 Å². The molecule has 11 heavy (non-hydrogen) atoms. The topological polar surface area (TPSA) is 0 Å². The van der Waals surface area contributed by atoms with Crippen LogP contribution in [0.5, 0.6) is 0 Å². The minimum absolute atomic E-state index is 1.10. The fraction of sp³-hybridized carbons (Fsp3) is 0.273. The maximum atomic E-state index is 3.87. The van der Waals surface area contributed by atoms with Gasteiger partial charge in [-0.2, -0.15) is 0 Å². The lowest BCUT2D eigenvalue weighted by Gasteiger charge is -1.98. The Morgan fingerprint density at radius 2 is 1.91 bits per heavy atom. The number of hydrogen-bond acceptors (Lipinski definition) is 0. The Labute approximate surface area is 68.6 Å². The first-order valence-corrected chi connectivity index (χ1v) is 3.97. The van der Waals surface area contributed by atoms with Gasteiger partial charge < -0.3 is 0 Å². The molecule has 58 valence electrons. The highest BCUT2D eigenvalue weighted by atomic mass is 14.0. The summed E-state index contributed by atoms with van der Waals surface area (Å²) >= 11 is 0. The van der Waals surface area contributed by atoms with E-state index in [9.17, 15) is 0 Å². The van der Waals surface area contributed by atoms with Gasteiger partial charge in [0.1, 0.15) is 0 Å². The van der Waals surface area contributed by atoms with Crippen molar-refractivity contribution in [1.29, 1.82) is 0 Å². The van der Waals surface area contributed by atoms with Crippen LogP contribution in [0.25, 0.3) is 0 Å². The summed E-state index contributed by atoms with van der Waals surface area (Å²) in [5, 5.41) is 0. The first-order valence-electron chi connectivity index (χ1n) is 3.97. The number of rotatable bonds is 3. The van der Waals surface area contributed by atoms with Crippen molar-refractivity contribution in [2.24, 2.45) is 0 Å². The molecular formula is C11H14. The molecule has 0 saturated carbocycles. The molecule has 0 aliphatic carbocycles. The van der Waals surface area contributed by atoms with Crippen molar-refractivity contribution in [3.63, 3.8) is 0 Å². The van der Waals surface area contributed by atoms with E-state index in [2.05, 4.69) is 37.8 Å². The van der Waals surface area contributed by atoms with E-state index in [1.54, 1.807) is 0 Å². The van der Waals surface area contributed by atoms with Gasteiger partial charge in [-0.15, -0.1) is 6.58 Å². The summed E-state index contributed by atoms with van der Waals surface area (Å²) in [5.74, 6) is 0. The fourth-order valence-electron chi connectivity index (χ4n) is 1.00. The quantitative estimate of drug-likeness (QED) is 0.574. The Morgan fingerprint density at radius 1 is 1.27 bits per heavy atom. The predicted molar refractivity (Wildman–Crippen MR) is 49.6 cm³/mol. The molecule has 0 aliphatic heterocycles. The summed E-state index contributed by atoms with van der Waals surface area (Å²) in [6.07, 6.45) is 2.22. The molecule has 0 aliphatic rings. The molecular weight excluding hydrogens is 132 g/mol. The second-order valence-corrected chi connectivity index (χ2v) is 2.94. The van der Waals surface area contributed by atoms with Crippen LogP contribution in [0.2, 0.25) is 0 Å². The molecule has 0 bridgehead atoms. The molecule has 1 rings (SSSR count). The van der Waals surface area contributed by atoms with Gasteiger partial charge in [0.15, 0.2) is 0 Å². The van der Waals surface area contributed by atoms with E-state index in [4.69, 9.17) is 0 Å². The van der Waals surface area contributed by atoms with Crippen molar-refractivity contribution < 1.29 is 0 Å². The zero-order valence-electron chi connectivity index (χ0n) is 7.01. The number of benzene rings is 1. The summed E-state index contributed by atoms with van der Waals surface area (Å²) in [5.41, 5.74) is 2.66. The van der Waals surface area contributed by atoms with Gasteiger partial charge in [-0.25, -0.2) is 0 Å². The van der Waals surface area contributed by atoms with E-state index < -0.39 is 0 Å². The Balaban J connectivity index is 2.45. The number of hydrogen-bond donors (Lipinski definition) is 0. The first-order chi connectivity index (χ1) is 5.29. The molecule has 0 saturated heterocycles. The van der Waals surface area contributed by atoms with Crippen molar-refractivity contribution in [2.45, 2.75) is 19.8 Å². The lowest BCUT2D eigenvalue weighted by atomic mass is 10.1. The van der Waals surface area contributed by atoms with E-state index >= 15 is 0 Å². The molecule has 0 unspecified atom stereocenters. The van der Waals surface area contributed by atoms with E-state index in [1.807, 2.05) is 6.07 Å². The molecule has 0 radical (unpaired) electrons. The van der Waals surface area contributed by atoms with Crippen molar-refractivity contribution >= 4 is 0 Å². The summed E-state index contributed by atoms with van der Waals surface area (Å²) in [4.78, 5) is 0. The van der Waals surface area contributed by atoms with Crippen LogP contribution < -0.4 is 0 Å². The zero-order chi connectivity index (χ0) is 8.10. The van der Waals surface area contributed by atoms with Crippen LogP contribution in [-0.2, 0) is 6.42 Å². The molecule has 0 aromatic heterocycles. The molecule has 1 aromatic carbocycles. The van der Waals surface area contributed by atoms with Gasteiger partial charge in [0.25, 0.3) is 0 Å². The normalized spacial score (nSPS) is 9.55. The average Bonchev–Trinajstić information content (AvgIpc) is 2.03. The van der Waals surface area contributed by atoms with Crippen LogP contribution in [0.15, 0.2) is 42.5 Å². The largest absolute Gasteiger partial charge is 0.100 e.